The van der Waals surface area contributed by atoms with Crippen LogP contribution >= 0.6 is 0 Å². The van der Waals surface area contributed by atoms with Crippen LogP contribution in [0.3, 0.4) is 0 Å². The Morgan fingerprint density at radius 1 is 1.13 bits per heavy atom. The maximum absolute atomic E-state index is 12.5. The SMILES string of the molecule is CC1CN(c2ccc(NC(=O)N(C)Cc3ccc(OC(F)F)cc3)cc2)CC(C)O1. The van der Waals surface area contributed by atoms with Crippen molar-refractivity contribution in [3.05, 3.63) is 54.1 Å². The molecule has 2 amide bonds. The van der Waals surface area contributed by atoms with Crippen LogP contribution in [0.2, 0.25) is 0 Å². The van der Waals surface area contributed by atoms with E-state index < -0.39 is 6.61 Å². The molecule has 1 aliphatic rings. The van der Waals surface area contributed by atoms with Gasteiger partial charge in [-0.15, -0.1) is 0 Å². The first-order valence-corrected chi connectivity index (χ1v) is 9.86. The highest BCUT2D eigenvalue weighted by Gasteiger charge is 2.22. The Kier molecular flexibility index (Phi) is 7.10. The molecule has 8 heteroatoms. The summed E-state index contributed by atoms with van der Waals surface area (Å²) in [5.41, 5.74) is 2.60. The number of ether oxygens (including phenoxy) is 2. The number of nitrogens with zero attached hydrogens (tertiary/aromatic N) is 2. The molecule has 1 saturated heterocycles. The Bertz CT molecular complexity index is 821. The minimum atomic E-state index is -2.86. The van der Waals surface area contributed by atoms with E-state index >= 15 is 0 Å². The third-order valence-electron chi connectivity index (χ3n) is 4.82. The smallest absolute Gasteiger partial charge is 0.387 e. The highest BCUT2D eigenvalue weighted by molar-refractivity contribution is 5.89. The van der Waals surface area contributed by atoms with Gasteiger partial charge in [-0.1, -0.05) is 12.1 Å². The summed E-state index contributed by atoms with van der Waals surface area (Å²) in [6.07, 6.45) is 0.357. The van der Waals surface area contributed by atoms with Crippen molar-refractivity contribution in [1.29, 1.82) is 0 Å². The molecule has 2 aromatic carbocycles. The van der Waals surface area contributed by atoms with Gasteiger partial charge in [-0.25, -0.2) is 4.79 Å². The first kappa shape index (κ1) is 21.8. The summed E-state index contributed by atoms with van der Waals surface area (Å²) in [5, 5.41) is 2.87. The standard InChI is InChI=1S/C22H27F2N3O3/c1-15-12-27(13-16(2)29-15)19-8-6-18(7-9-19)25-22(28)26(3)14-17-4-10-20(11-5-17)30-21(23)24/h4-11,15-16,21H,12-14H2,1-3H3,(H,25,28). The van der Waals surface area contributed by atoms with Crippen molar-refractivity contribution in [2.75, 3.05) is 30.4 Å². The lowest BCUT2D eigenvalue weighted by Gasteiger charge is -2.36. The molecule has 2 unspecified atom stereocenters. The van der Waals surface area contributed by atoms with Gasteiger partial charge in [0.2, 0.25) is 0 Å². The van der Waals surface area contributed by atoms with Gasteiger partial charge in [0.1, 0.15) is 5.75 Å². The van der Waals surface area contributed by atoms with Gasteiger partial charge < -0.3 is 24.6 Å². The molecular formula is C22H27F2N3O3. The number of anilines is 2. The zero-order valence-electron chi connectivity index (χ0n) is 17.3. The Morgan fingerprint density at radius 2 is 1.73 bits per heavy atom. The summed E-state index contributed by atoms with van der Waals surface area (Å²) >= 11 is 0. The van der Waals surface area contributed by atoms with E-state index in [-0.39, 0.29) is 24.0 Å². The molecule has 1 N–H and O–H groups in total. The number of hydrogen-bond acceptors (Lipinski definition) is 4. The Morgan fingerprint density at radius 3 is 2.30 bits per heavy atom. The van der Waals surface area contributed by atoms with E-state index in [4.69, 9.17) is 4.74 Å². The molecule has 0 radical (unpaired) electrons. The number of urea groups is 1. The lowest BCUT2D eigenvalue weighted by molar-refractivity contribution is -0.0498. The fourth-order valence-corrected chi connectivity index (χ4v) is 3.49. The molecule has 0 bridgehead atoms. The molecule has 0 saturated carbocycles. The number of alkyl halides is 2. The lowest BCUT2D eigenvalue weighted by Crippen LogP contribution is -2.45. The van der Waals surface area contributed by atoms with Crippen molar-refractivity contribution in [2.45, 2.75) is 39.2 Å². The molecule has 1 aliphatic heterocycles. The maximum atomic E-state index is 12.5. The van der Waals surface area contributed by atoms with E-state index in [0.29, 0.717) is 12.2 Å². The molecule has 3 rings (SSSR count). The summed E-state index contributed by atoms with van der Waals surface area (Å²) < 4.78 is 34.5. The molecule has 1 fully saturated rings. The highest BCUT2D eigenvalue weighted by atomic mass is 19.3. The second-order valence-electron chi connectivity index (χ2n) is 7.52. The van der Waals surface area contributed by atoms with Gasteiger partial charge in [-0.2, -0.15) is 8.78 Å². The number of hydrogen-bond donors (Lipinski definition) is 1. The second-order valence-corrected chi connectivity index (χ2v) is 7.52. The van der Waals surface area contributed by atoms with Gasteiger partial charge in [0.25, 0.3) is 0 Å². The fourth-order valence-electron chi connectivity index (χ4n) is 3.49. The zero-order chi connectivity index (χ0) is 21.7. The van der Waals surface area contributed by atoms with Crippen LogP contribution < -0.4 is 15.0 Å². The number of amides is 2. The summed E-state index contributed by atoms with van der Waals surface area (Å²) in [6, 6.07) is 13.7. The summed E-state index contributed by atoms with van der Waals surface area (Å²) in [4.78, 5) is 16.3. The Labute approximate surface area is 175 Å². The average molecular weight is 419 g/mol. The first-order valence-electron chi connectivity index (χ1n) is 9.86. The van der Waals surface area contributed by atoms with Crippen molar-refractivity contribution in [3.63, 3.8) is 0 Å². The van der Waals surface area contributed by atoms with Crippen LogP contribution in [0, 0.1) is 0 Å². The lowest BCUT2D eigenvalue weighted by atomic mass is 10.2. The molecule has 0 aromatic heterocycles. The van der Waals surface area contributed by atoms with E-state index in [0.717, 1.165) is 24.3 Å². The molecule has 162 valence electrons. The summed E-state index contributed by atoms with van der Waals surface area (Å²) in [5.74, 6) is 0.0880. The van der Waals surface area contributed by atoms with Gasteiger partial charge in [-0.05, 0) is 55.8 Å². The van der Waals surface area contributed by atoms with E-state index in [1.807, 2.05) is 24.3 Å². The molecule has 0 aliphatic carbocycles. The minimum Gasteiger partial charge on any atom is -0.435 e. The number of nitrogens with one attached hydrogen (secondary N) is 1. The fraction of sp³-hybridized carbons (Fsp3) is 0.409. The van der Waals surface area contributed by atoms with Crippen LogP contribution in [0.1, 0.15) is 19.4 Å². The predicted molar refractivity (Wildman–Crippen MR) is 112 cm³/mol. The molecule has 2 atom stereocenters. The van der Waals surface area contributed by atoms with E-state index in [1.165, 1.54) is 17.0 Å². The van der Waals surface area contributed by atoms with Crippen LogP contribution in [0.25, 0.3) is 0 Å². The number of carbonyl (C=O) groups is 1. The van der Waals surface area contributed by atoms with Crippen molar-refractivity contribution in [3.8, 4) is 5.75 Å². The summed E-state index contributed by atoms with van der Waals surface area (Å²) in [6.45, 7) is 3.27. The zero-order valence-corrected chi connectivity index (χ0v) is 17.3. The topological polar surface area (TPSA) is 54.0 Å². The van der Waals surface area contributed by atoms with Crippen LogP contribution in [0.4, 0.5) is 25.0 Å². The van der Waals surface area contributed by atoms with E-state index in [9.17, 15) is 13.6 Å². The molecule has 6 nitrogen and oxygen atoms in total. The van der Waals surface area contributed by atoms with Gasteiger partial charge in [0.05, 0.1) is 12.2 Å². The molecule has 30 heavy (non-hydrogen) atoms. The molecule has 1 heterocycles. The normalized spacial score (nSPS) is 18.9. The van der Waals surface area contributed by atoms with Crippen molar-refractivity contribution in [2.24, 2.45) is 0 Å². The third kappa shape index (κ3) is 6.06. The minimum absolute atomic E-state index is 0.0880. The average Bonchev–Trinajstić information content (AvgIpc) is 2.69. The number of carbonyl (C=O) groups excluding carboxylic acids is 1. The van der Waals surface area contributed by atoms with Crippen LogP contribution in [-0.2, 0) is 11.3 Å². The maximum Gasteiger partial charge on any atom is 0.387 e. The Hall–Kier alpha value is -2.87. The van der Waals surface area contributed by atoms with Gasteiger partial charge in [0, 0.05) is 38.1 Å². The number of rotatable bonds is 6. The van der Waals surface area contributed by atoms with Crippen LogP contribution in [0.15, 0.2) is 48.5 Å². The third-order valence-corrected chi connectivity index (χ3v) is 4.82. The number of benzene rings is 2. The van der Waals surface area contributed by atoms with Gasteiger partial charge in [-0.3, -0.25) is 0 Å². The molecule has 0 spiro atoms. The van der Waals surface area contributed by atoms with Crippen LogP contribution in [0.5, 0.6) is 5.75 Å². The van der Waals surface area contributed by atoms with Crippen LogP contribution in [-0.4, -0.2) is 49.9 Å². The largest absolute Gasteiger partial charge is 0.435 e. The predicted octanol–water partition coefficient (Wildman–Crippen LogP) is 4.57. The number of morpholine rings is 1. The second kappa shape index (κ2) is 9.75. The summed E-state index contributed by atoms with van der Waals surface area (Å²) in [7, 11) is 1.67. The Balaban J connectivity index is 1.53. The van der Waals surface area contributed by atoms with Crippen molar-refractivity contribution in [1.82, 2.24) is 4.90 Å². The van der Waals surface area contributed by atoms with Crippen molar-refractivity contribution >= 4 is 17.4 Å². The molecular weight excluding hydrogens is 392 g/mol. The first-order chi connectivity index (χ1) is 14.3. The van der Waals surface area contributed by atoms with Crippen molar-refractivity contribution < 1.29 is 23.0 Å². The molecule has 2 aromatic rings. The van der Waals surface area contributed by atoms with E-state index in [2.05, 4.69) is 28.8 Å². The quantitative estimate of drug-likeness (QED) is 0.746. The van der Waals surface area contributed by atoms with E-state index in [1.54, 1.807) is 19.2 Å². The monoisotopic (exact) mass is 419 g/mol. The van der Waals surface area contributed by atoms with Gasteiger partial charge >= 0.3 is 12.6 Å². The van der Waals surface area contributed by atoms with Gasteiger partial charge in [0.15, 0.2) is 0 Å². The highest BCUT2D eigenvalue weighted by Crippen LogP contribution is 2.22. The number of halogens is 2.